The molecule has 0 unspecified atom stereocenters. The first kappa shape index (κ1) is 10.3. The van der Waals surface area contributed by atoms with Crippen molar-refractivity contribution >= 4 is 17.9 Å². The summed E-state index contributed by atoms with van der Waals surface area (Å²) >= 11 is 6.13. The molecule has 80 valence electrons. The number of fused-ring (bicyclic) bond motifs is 1. The lowest BCUT2D eigenvalue weighted by atomic mass is 10.0. The maximum Gasteiger partial charge on any atom is 0.180 e. The highest BCUT2D eigenvalue weighted by Gasteiger charge is 2.19. The summed E-state index contributed by atoms with van der Waals surface area (Å²) in [4.78, 5) is 10.5. The molecule has 0 saturated heterocycles. The van der Waals surface area contributed by atoms with Crippen LogP contribution in [0.2, 0.25) is 5.02 Å². The van der Waals surface area contributed by atoms with Crippen LogP contribution in [0.25, 0.3) is 0 Å². The van der Waals surface area contributed by atoms with Crippen LogP contribution in [0.1, 0.15) is 11.1 Å². The Labute approximate surface area is 92.9 Å². The third-order valence-corrected chi connectivity index (χ3v) is 2.89. The molecule has 0 radical (unpaired) electrons. The molecule has 1 aliphatic heterocycles. The van der Waals surface area contributed by atoms with Gasteiger partial charge in [-0.15, -0.1) is 0 Å². The standard InChI is InChI=1S/C11H11ClO3/c1-7-8(2-3-13)6-9-11(10(7)12)15-5-4-14-9/h3,6H,2,4-5H2,1H3. The van der Waals surface area contributed by atoms with Crippen molar-refractivity contribution in [3.05, 3.63) is 22.2 Å². The molecule has 0 N–H and O–H groups in total. The number of carbonyl (C=O) groups is 1. The number of hydrogen-bond acceptors (Lipinski definition) is 3. The van der Waals surface area contributed by atoms with E-state index >= 15 is 0 Å². The SMILES string of the molecule is Cc1c(CC=O)cc2c(c1Cl)OCCO2. The minimum absolute atomic E-state index is 0.349. The first-order valence-electron chi connectivity index (χ1n) is 4.75. The molecular formula is C11H11ClO3. The Morgan fingerprint density at radius 2 is 2.20 bits per heavy atom. The lowest BCUT2D eigenvalue weighted by Crippen LogP contribution is -2.16. The summed E-state index contributed by atoms with van der Waals surface area (Å²) in [5, 5.41) is 0.545. The average molecular weight is 227 g/mol. The molecule has 0 fully saturated rings. The first-order chi connectivity index (χ1) is 7.24. The zero-order valence-corrected chi connectivity index (χ0v) is 9.13. The molecule has 0 spiro atoms. The maximum absolute atomic E-state index is 10.5. The Morgan fingerprint density at radius 1 is 1.47 bits per heavy atom. The van der Waals surface area contributed by atoms with E-state index in [1.54, 1.807) is 0 Å². The van der Waals surface area contributed by atoms with Gasteiger partial charge in [-0.3, -0.25) is 0 Å². The van der Waals surface area contributed by atoms with E-state index < -0.39 is 0 Å². The van der Waals surface area contributed by atoms with Crippen LogP contribution < -0.4 is 9.47 Å². The summed E-state index contributed by atoms with van der Waals surface area (Å²) in [6, 6.07) is 1.82. The third kappa shape index (κ3) is 1.79. The van der Waals surface area contributed by atoms with E-state index in [4.69, 9.17) is 21.1 Å². The smallest absolute Gasteiger partial charge is 0.180 e. The Morgan fingerprint density at radius 3 is 2.93 bits per heavy atom. The quantitative estimate of drug-likeness (QED) is 0.725. The highest BCUT2D eigenvalue weighted by molar-refractivity contribution is 6.33. The zero-order valence-electron chi connectivity index (χ0n) is 8.38. The number of aldehydes is 1. The predicted molar refractivity (Wildman–Crippen MR) is 56.9 cm³/mol. The number of halogens is 1. The van der Waals surface area contributed by atoms with Crippen molar-refractivity contribution in [2.45, 2.75) is 13.3 Å². The Hall–Kier alpha value is -1.22. The van der Waals surface area contributed by atoms with Gasteiger partial charge in [0, 0.05) is 6.42 Å². The first-order valence-corrected chi connectivity index (χ1v) is 5.13. The topological polar surface area (TPSA) is 35.5 Å². The zero-order chi connectivity index (χ0) is 10.8. The van der Waals surface area contributed by atoms with Gasteiger partial charge in [0.25, 0.3) is 0 Å². The fourth-order valence-corrected chi connectivity index (χ4v) is 1.86. The summed E-state index contributed by atoms with van der Waals surface area (Å²) in [6.45, 7) is 2.91. The van der Waals surface area contributed by atoms with Crippen molar-refractivity contribution in [1.82, 2.24) is 0 Å². The van der Waals surface area contributed by atoms with Crippen LogP contribution in [0.15, 0.2) is 6.07 Å². The second kappa shape index (κ2) is 4.11. The summed E-state index contributed by atoms with van der Waals surface area (Å²) in [5.41, 5.74) is 1.77. The van der Waals surface area contributed by atoms with Gasteiger partial charge in [-0.25, -0.2) is 0 Å². The van der Waals surface area contributed by atoms with Crippen LogP contribution in [0.4, 0.5) is 0 Å². The van der Waals surface area contributed by atoms with Crippen LogP contribution in [-0.2, 0) is 11.2 Å². The molecular weight excluding hydrogens is 216 g/mol. The van der Waals surface area contributed by atoms with E-state index in [2.05, 4.69) is 0 Å². The molecule has 0 bridgehead atoms. The summed E-state index contributed by atoms with van der Waals surface area (Å²) in [6.07, 6.45) is 1.21. The number of carbonyl (C=O) groups excluding carboxylic acids is 1. The van der Waals surface area contributed by atoms with Crippen LogP contribution in [0.3, 0.4) is 0 Å². The summed E-state index contributed by atoms with van der Waals surface area (Å²) in [7, 11) is 0. The Kier molecular flexibility index (Phi) is 2.82. The normalized spacial score (nSPS) is 13.7. The monoisotopic (exact) mass is 226 g/mol. The van der Waals surface area contributed by atoms with Gasteiger partial charge in [0.15, 0.2) is 11.5 Å². The molecule has 3 nitrogen and oxygen atoms in total. The minimum Gasteiger partial charge on any atom is -0.486 e. The number of benzene rings is 1. The van der Waals surface area contributed by atoms with Gasteiger partial charge < -0.3 is 14.3 Å². The number of ether oxygens (including phenoxy) is 2. The van der Waals surface area contributed by atoms with Crippen LogP contribution in [-0.4, -0.2) is 19.5 Å². The molecule has 15 heavy (non-hydrogen) atoms. The van der Waals surface area contributed by atoms with Gasteiger partial charge >= 0.3 is 0 Å². The van der Waals surface area contributed by atoms with Gasteiger partial charge in [0.2, 0.25) is 0 Å². The molecule has 1 aromatic carbocycles. The number of rotatable bonds is 2. The second-order valence-electron chi connectivity index (χ2n) is 3.37. The van der Waals surface area contributed by atoms with Gasteiger partial charge in [-0.1, -0.05) is 11.6 Å². The highest BCUT2D eigenvalue weighted by atomic mass is 35.5. The minimum atomic E-state index is 0.349. The molecule has 4 heteroatoms. The van der Waals surface area contributed by atoms with Crippen LogP contribution >= 0.6 is 11.6 Å². The summed E-state index contributed by atoms with van der Waals surface area (Å²) in [5.74, 6) is 1.23. The van der Waals surface area contributed by atoms with Gasteiger partial charge in [0.1, 0.15) is 19.5 Å². The maximum atomic E-state index is 10.5. The third-order valence-electron chi connectivity index (χ3n) is 2.43. The summed E-state index contributed by atoms with van der Waals surface area (Å²) < 4.78 is 10.8. The molecule has 0 saturated carbocycles. The van der Waals surface area contributed by atoms with E-state index in [1.165, 1.54) is 0 Å². The second-order valence-corrected chi connectivity index (χ2v) is 3.75. The predicted octanol–water partition coefficient (Wildman–Crippen LogP) is 2.16. The van der Waals surface area contributed by atoms with Crippen molar-refractivity contribution in [1.29, 1.82) is 0 Å². The van der Waals surface area contributed by atoms with Gasteiger partial charge in [0.05, 0.1) is 5.02 Å². The van der Waals surface area contributed by atoms with E-state index in [9.17, 15) is 4.79 Å². The average Bonchev–Trinajstić information content (AvgIpc) is 2.26. The molecule has 0 amide bonds. The van der Waals surface area contributed by atoms with Crippen LogP contribution in [0.5, 0.6) is 11.5 Å². The Bertz CT molecular complexity index is 401. The Balaban J connectivity index is 2.52. The fourth-order valence-electron chi connectivity index (χ4n) is 1.59. The lowest BCUT2D eigenvalue weighted by Gasteiger charge is -2.21. The highest BCUT2D eigenvalue weighted by Crippen LogP contribution is 2.41. The molecule has 0 aliphatic carbocycles. The molecule has 0 atom stereocenters. The van der Waals surface area contributed by atoms with Crippen molar-refractivity contribution in [3.8, 4) is 11.5 Å². The molecule has 1 heterocycles. The van der Waals surface area contributed by atoms with Crippen molar-refractivity contribution in [3.63, 3.8) is 0 Å². The van der Waals surface area contributed by atoms with Gasteiger partial charge in [-0.2, -0.15) is 0 Å². The van der Waals surface area contributed by atoms with Crippen molar-refractivity contribution in [2.24, 2.45) is 0 Å². The molecule has 2 rings (SSSR count). The van der Waals surface area contributed by atoms with Crippen LogP contribution in [0, 0.1) is 6.92 Å². The molecule has 0 aromatic heterocycles. The van der Waals surface area contributed by atoms with Gasteiger partial charge in [-0.05, 0) is 24.1 Å². The molecule has 1 aliphatic rings. The van der Waals surface area contributed by atoms with E-state index in [-0.39, 0.29) is 0 Å². The van der Waals surface area contributed by atoms with E-state index in [0.29, 0.717) is 36.2 Å². The largest absolute Gasteiger partial charge is 0.486 e. The molecule has 1 aromatic rings. The fraction of sp³-hybridized carbons (Fsp3) is 0.364. The van der Waals surface area contributed by atoms with E-state index in [0.717, 1.165) is 17.4 Å². The number of hydrogen-bond donors (Lipinski definition) is 0. The lowest BCUT2D eigenvalue weighted by molar-refractivity contribution is -0.107. The van der Waals surface area contributed by atoms with Crippen molar-refractivity contribution in [2.75, 3.05) is 13.2 Å². The van der Waals surface area contributed by atoms with E-state index in [1.807, 2.05) is 13.0 Å². The van der Waals surface area contributed by atoms with Crippen molar-refractivity contribution < 1.29 is 14.3 Å².